The van der Waals surface area contributed by atoms with Gasteiger partial charge in [-0.2, -0.15) is 4.98 Å². The van der Waals surface area contributed by atoms with Crippen molar-refractivity contribution < 1.29 is 57.1 Å². The molecule has 0 radical (unpaired) electrons. The number of anilines is 1. The van der Waals surface area contributed by atoms with E-state index in [9.17, 15) is 43.8 Å². The molecular weight excluding hydrogens is 496 g/mol. The predicted octanol–water partition coefficient (Wildman–Crippen LogP) is -4.55. The zero-order valence-electron chi connectivity index (χ0n) is 16.4. The highest BCUT2D eigenvalue weighted by Gasteiger charge is 2.45. The van der Waals surface area contributed by atoms with Crippen molar-refractivity contribution in [1.82, 2.24) is 19.5 Å². The largest absolute Gasteiger partial charge is 0.756 e. The summed E-state index contributed by atoms with van der Waals surface area (Å²) < 4.78 is 41.8. The number of aromatic amines is 1. The first kappa shape index (κ1) is 25.4. The molecule has 2 unspecified atom stereocenters. The summed E-state index contributed by atoms with van der Waals surface area (Å²) >= 11 is 0. The van der Waals surface area contributed by atoms with Crippen LogP contribution >= 0.6 is 15.6 Å². The predicted molar refractivity (Wildman–Crippen MR) is 96.3 cm³/mol. The normalized spacial score (nSPS) is 27.8. The Morgan fingerprint density at radius 3 is 2.67 bits per heavy atom. The van der Waals surface area contributed by atoms with Gasteiger partial charge in [0.25, 0.3) is 21.2 Å². The Morgan fingerprint density at radius 1 is 1.36 bits per heavy atom. The van der Waals surface area contributed by atoms with Gasteiger partial charge in [0.15, 0.2) is 17.4 Å². The monoisotopic (exact) mass is 512 g/mol. The van der Waals surface area contributed by atoms with Crippen LogP contribution in [-0.2, 0) is 32.0 Å². The van der Waals surface area contributed by atoms with Crippen LogP contribution in [0.4, 0.5) is 5.95 Å². The molecule has 1 fully saturated rings. The lowest BCUT2D eigenvalue weighted by Gasteiger charge is -2.32. The van der Waals surface area contributed by atoms with E-state index in [-0.39, 0.29) is 17.1 Å². The van der Waals surface area contributed by atoms with Crippen molar-refractivity contribution in [2.45, 2.75) is 37.6 Å². The first-order valence-corrected chi connectivity index (χ1v) is 11.7. The van der Waals surface area contributed by atoms with E-state index in [0.717, 1.165) is 17.8 Å². The number of carboxylic acids is 1. The van der Waals surface area contributed by atoms with Gasteiger partial charge < -0.3 is 49.4 Å². The lowest BCUT2D eigenvalue weighted by molar-refractivity contribution is -0.316. The minimum absolute atomic E-state index is 0.113. The summed E-state index contributed by atoms with van der Waals surface area (Å²) in [6.07, 6.45) is -7.40. The van der Waals surface area contributed by atoms with Gasteiger partial charge in [-0.1, -0.05) is 0 Å². The molecule has 2 aromatic heterocycles. The molecule has 0 spiro atoms. The molecule has 33 heavy (non-hydrogen) atoms. The number of imidazole rings is 1. The fourth-order valence-electron chi connectivity index (χ4n) is 2.79. The number of hydrogen-bond acceptors (Lipinski definition) is 16. The Morgan fingerprint density at radius 2 is 2.03 bits per heavy atom. The van der Waals surface area contributed by atoms with Gasteiger partial charge in [0.05, 0.1) is 18.9 Å². The summed E-state index contributed by atoms with van der Waals surface area (Å²) in [5, 5.41) is 31.0. The van der Waals surface area contributed by atoms with Crippen molar-refractivity contribution in [3.05, 3.63) is 16.7 Å². The summed E-state index contributed by atoms with van der Waals surface area (Å²) in [6.45, 7) is -0.283. The number of rotatable bonds is 9. The van der Waals surface area contributed by atoms with Crippen molar-refractivity contribution >= 4 is 38.7 Å². The quantitative estimate of drug-likeness (QED) is 0.230. The van der Waals surface area contributed by atoms with Gasteiger partial charge in [0.1, 0.15) is 24.4 Å². The molecule has 18 nitrogen and oxygen atoms in total. The van der Waals surface area contributed by atoms with Crippen molar-refractivity contribution in [2.75, 3.05) is 12.3 Å². The number of nitrogen functional groups attached to an aromatic ring is 1. The Labute approximate surface area is 182 Å². The Bertz CT molecular complexity index is 1200. The zero-order valence-corrected chi connectivity index (χ0v) is 18.2. The number of nitrogens with one attached hydrogen (secondary N) is 1. The third-order valence-electron chi connectivity index (χ3n) is 4.28. The molecule has 1 saturated heterocycles. The number of fused-ring (bicyclic) bond motifs is 1. The van der Waals surface area contributed by atoms with E-state index in [1.54, 1.807) is 0 Å². The van der Waals surface area contributed by atoms with Crippen LogP contribution in [0, 0.1) is 0 Å². The van der Waals surface area contributed by atoms with Crippen LogP contribution in [0.3, 0.4) is 0 Å². The summed E-state index contributed by atoms with van der Waals surface area (Å²) in [5.74, 6) is -2.23. The van der Waals surface area contributed by atoms with Gasteiger partial charge in [0, 0.05) is 0 Å². The van der Waals surface area contributed by atoms with E-state index in [2.05, 4.69) is 28.3 Å². The number of aliphatic hydroxyl groups excluding tert-OH is 2. The molecule has 3 rings (SSSR count). The highest BCUT2D eigenvalue weighted by Crippen LogP contribution is 2.56. The standard InChI is InChI=1S/C13H19N5O13P2/c1-4(12(22)23)30-33(26,27)31-32(24,25)28-2-5-7(19)8(20)11(29-5)18-3-15-6-9(18)16-13(14)17-10(6)21/h3-5,7-8,11,19-20H,2H2,1H3,(H,22,23)(H,24,25)(H,26,27)(H3,14,16,17,21)/p-3/t4-,5+,7+,8+,11+/m0/s1. The highest BCUT2D eigenvalue weighted by molar-refractivity contribution is 7.59. The van der Waals surface area contributed by atoms with Crippen LogP contribution in [-0.4, -0.2) is 66.7 Å². The Balaban J connectivity index is 1.70. The molecule has 3 heterocycles. The molecule has 7 atom stereocenters. The average molecular weight is 512 g/mol. The molecule has 184 valence electrons. The van der Waals surface area contributed by atoms with Crippen molar-refractivity contribution in [3.63, 3.8) is 0 Å². The number of carbonyl (C=O) groups excluding carboxylic acids is 1. The SMILES string of the molecule is C[C@H](OP(=O)([O-])OP(=O)([O-])OC[C@H]1O[C@@H](n2cnc3c(=O)[nH]c(N)nc32)[C@H](O)[C@@H]1O)C(=O)[O-]. The Kier molecular flexibility index (Phi) is 7.07. The van der Waals surface area contributed by atoms with Crippen molar-refractivity contribution in [3.8, 4) is 0 Å². The van der Waals surface area contributed by atoms with Crippen molar-refractivity contribution in [2.24, 2.45) is 0 Å². The third kappa shape index (κ3) is 5.64. The molecule has 5 N–H and O–H groups in total. The maximum absolute atomic E-state index is 11.9. The number of ether oxygens (including phenoxy) is 1. The first-order valence-electron chi connectivity index (χ1n) is 8.82. The number of H-pyrrole nitrogens is 1. The fraction of sp³-hybridized carbons (Fsp3) is 0.538. The second kappa shape index (κ2) is 9.19. The molecule has 0 saturated carbocycles. The van der Waals surface area contributed by atoms with Crippen LogP contribution in [0.5, 0.6) is 0 Å². The zero-order chi connectivity index (χ0) is 24.7. The summed E-state index contributed by atoms with van der Waals surface area (Å²) in [7, 11) is -11.4. The number of aliphatic hydroxyl groups is 2. The number of carbonyl (C=O) groups is 1. The van der Waals surface area contributed by atoms with Gasteiger partial charge in [0.2, 0.25) is 5.95 Å². The molecule has 1 aliphatic rings. The minimum atomic E-state index is -5.69. The van der Waals surface area contributed by atoms with Crippen LogP contribution in [0.25, 0.3) is 11.2 Å². The topological polar surface area (TPSA) is 287 Å². The second-order valence-electron chi connectivity index (χ2n) is 6.66. The third-order valence-corrected chi connectivity index (χ3v) is 6.92. The van der Waals surface area contributed by atoms with Gasteiger partial charge in [-0.15, -0.1) is 0 Å². The van der Waals surface area contributed by atoms with Crippen LogP contribution in [0.2, 0.25) is 0 Å². The average Bonchev–Trinajstić information content (AvgIpc) is 3.20. The molecule has 2 aromatic rings. The number of phosphoric ester groups is 2. The molecular formula is C13H16N5O13P2-3. The Hall–Kier alpha value is -2.24. The van der Waals surface area contributed by atoms with Crippen LogP contribution < -0.4 is 26.2 Å². The van der Waals surface area contributed by atoms with Crippen LogP contribution in [0.1, 0.15) is 13.2 Å². The van der Waals surface area contributed by atoms with E-state index < -0.39 is 64.4 Å². The fourth-order valence-corrected chi connectivity index (χ4v) is 4.92. The lowest BCUT2D eigenvalue weighted by Crippen LogP contribution is -2.36. The highest BCUT2D eigenvalue weighted by atomic mass is 31.3. The second-order valence-corrected chi connectivity index (χ2v) is 9.57. The number of aliphatic carboxylic acids is 1. The van der Waals surface area contributed by atoms with E-state index in [1.807, 2.05) is 0 Å². The number of carboxylic acid groups (broad SMARTS) is 1. The molecule has 0 aliphatic carbocycles. The smallest absolute Gasteiger partial charge is 0.280 e. The molecule has 1 aliphatic heterocycles. The van der Waals surface area contributed by atoms with Crippen LogP contribution in [0.15, 0.2) is 11.1 Å². The molecule has 0 amide bonds. The van der Waals surface area contributed by atoms with E-state index in [1.165, 1.54) is 0 Å². The number of nitrogens with zero attached hydrogens (tertiary/aromatic N) is 3. The van der Waals surface area contributed by atoms with Gasteiger partial charge >= 0.3 is 0 Å². The molecule has 0 bridgehead atoms. The number of nitrogens with two attached hydrogens (primary N) is 1. The summed E-state index contributed by atoms with van der Waals surface area (Å²) in [4.78, 5) is 55.6. The first-order chi connectivity index (χ1) is 15.2. The summed E-state index contributed by atoms with van der Waals surface area (Å²) in [6, 6.07) is 0. The molecule has 20 heteroatoms. The molecule has 0 aromatic carbocycles. The van der Waals surface area contributed by atoms with E-state index in [4.69, 9.17) is 10.5 Å². The van der Waals surface area contributed by atoms with E-state index >= 15 is 0 Å². The maximum Gasteiger partial charge on any atom is 0.280 e. The lowest BCUT2D eigenvalue weighted by atomic mass is 10.1. The van der Waals surface area contributed by atoms with Crippen molar-refractivity contribution in [1.29, 1.82) is 0 Å². The minimum Gasteiger partial charge on any atom is -0.756 e. The van der Waals surface area contributed by atoms with Gasteiger partial charge in [-0.25, -0.2) is 9.29 Å². The number of aromatic nitrogens is 4. The number of hydrogen-bond donors (Lipinski definition) is 4. The van der Waals surface area contributed by atoms with E-state index in [0.29, 0.717) is 0 Å². The maximum atomic E-state index is 11.9. The summed E-state index contributed by atoms with van der Waals surface area (Å²) in [5.41, 5.74) is 4.51. The van der Waals surface area contributed by atoms with Gasteiger partial charge in [-0.05, 0) is 6.92 Å². The number of phosphoric acid groups is 2. The van der Waals surface area contributed by atoms with Gasteiger partial charge in [-0.3, -0.25) is 23.5 Å².